The largest absolute Gasteiger partial charge is 0.360 e. The minimum Gasteiger partial charge on any atom is -0.360 e. The molecule has 0 aromatic carbocycles. The van der Waals surface area contributed by atoms with Gasteiger partial charge in [-0.25, -0.2) is 4.98 Å². The summed E-state index contributed by atoms with van der Waals surface area (Å²) < 4.78 is 4.23. The molecule has 4 nitrogen and oxygen atoms in total. The zero-order chi connectivity index (χ0) is 12.1. The number of anilines is 1. The van der Waals surface area contributed by atoms with Crippen molar-refractivity contribution >= 4 is 16.7 Å². The van der Waals surface area contributed by atoms with Crippen molar-refractivity contribution in [2.45, 2.75) is 26.7 Å². The third-order valence-corrected chi connectivity index (χ3v) is 3.16. The van der Waals surface area contributed by atoms with Gasteiger partial charge in [0.2, 0.25) is 5.13 Å². The van der Waals surface area contributed by atoms with Gasteiger partial charge in [0.25, 0.3) is 0 Å². The zero-order valence-electron chi connectivity index (χ0n) is 10.1. The fourth-order valence-electron chi connectivity index (χ4n) is 1.43. The third kappa shape index (κ3) is 3.49. The molecule has 0 spiro atoms. The van der Waals surface area contributed by atoms with E-state index in [4.69, 9.17) is 0 Å². The Kier molecular flexibility index (Phi) is 4.03. The van der Waals surface area contributed by atoms with Gasteiger partial charge >= 0.3 is 0 Å². The Morgan fingerprint density at radius 2 is 2.24 bits per heavy atom. The molecular weight excluding hydrogens is 232 g/mol. The summed E-state index contributed by atoms with van der Waals surface area (Å²) in [5.41, 5.74) is 2.29. The number of hydrogen-bond donors (Lipinski definition) is 1. The van der Waals surface area contributed by atoms with E-state index in [0.717, 1.165) is 36.0 Å². The molecule has 0 aliphatic carbocycles. The number of aromatic nitrogens is 3. The van der Waals surface area contributed by atoms with Crippen LogP contribution in [0.1, 0.15) is 24.0 Å². The highest BCUT2D eigenvalue weighted by molar-refractivity contribution is 7.09. The van der Waals surface area contributed by atoms with Crippen LogP contribution in [-0.4, -0.2) is 20.9 Å². The number of nitrogens with zero attached hydrogens (tertiary/aromatic N) is 3. The summed E-state index contributed by atoms with van der Waals surface area (Å²) in [5.74, 6) is 0.912. The lowest BCUT2D eigenvalue weighted by Crippen LogP contribution is -2.05. The number of nitrogens with one attached hydrogen (secondary N) is 1. The molecule has 90 valence electrons. The molecule has 0 unspecified atom stereocenters. The van der Waals surface area contributed by atoms with E-state index in [1.807, 2.05) is 19.2 Å². The van der Waals surface area contributed by atoms with E-state index in [1.54, 1.807) is 0 Å². The molecule has 2 aromatic heterocycles. The van der Waals surface area contributed by atoms with E-state index in [0.29, 0.717) is 0 Å². The van der Waals surface area contributed by atoms with E-state index < -0.39 is 0 Å². The van der Waals surface area contributed by atoms with Gasteiger partial charge in [-0.05, 0) is 25.0 Å². The van der Waals surface area contributed by atoms with Gasteiger partial charge in [0.05, 0.1) is 0 Å². The molecule has 2 rings (SSSR count). The van der Waals surface area contributed by atoms with Crippen molar-refractivity contribution in [3.63, 3.8) is 0 Å². The summed E-state index contributed by atoms with van der Waals surface area (Å²) >= 11 is 1.42. The van der Waals surface area contributed by atoms with Crippen molar-refractivity contribution in [3.05, 3.63) is 35.4 Å². The fraction of sp³-hybridized carbons (Fsp3) is 0.417. The topological polar surface area (TPSA) is 50.7 Å². The smallest absolute Gasteiger partial charge is 0.202 e. The van der Waals surface area contributed by atoms with Gasteiger partial charge in [-0.1, -0.05) is 13.0 Å². The molecule has 0 amide bonds. The summed E-state index contributed by atoms with van der Waals surface area (Å²) in [4.78, 5) is 8.62. The van der Waals surface area contributed by atoms with Gasteiger partial charge in [0.1, 0.15) is 5.82 Å². The van der Waals surface area contributed by atoms with E-state index in [2.05, 4.69) is 32.6 Å². The molecule has 0 saturated heterocycles. The molecular formula is C12H16N4S. The number of pyridine rings is 1. The number of hydrogen-bond acceptors (Lipinski definition) is 5. The molecule has 17 heavy (non-hydrogen) atoms. The van der Waals surface area contributed by atoms with Crippen molar-refractivity contribution in [1.82, 2.24) is 14.3 Å². The summed E-state index contributed by atoms with van der Waals surface area (Å²) in [7, 11) is 0. The standard InChI is InChI=1S/C12H16N4S/c1-3-11-15-12(17-16-11)13-7-6-10-5-4-9(2)14-8-10/h4-5,8H,3,6-7H2,1-2H3,(H,13,15,16). The van der Waals surface area contributed by atoms with E-state index in [-0.39, 0.29) is 0 Å². The normalized spacial score (nSPS) is 10.5. The molecule has 0 bridgehead atoms. The van der Waals surface area contributed by atoms with Crippen LogP contribution in [0.15, 0.2) is 18.3 Å². The lowest BCUT2D eigenvalue weighted by atomic mass is 10.2. The highest BCUT2D eigenvalue weighted by atomic mass is 32.1. The van der Waals surface area contributed by atoms with Crippen LogP contribution in [0.25, 0.3) is 0 Å². The predicted octanol–water partition coefficient (Wildman–Crippen LogP) is 2.46. The zero-order valence-corrected chi connectivity index (χ0v) is 10.9. The minimum atomic E-state index is 0.864. The number of rotatable bonds is 5. The Bertz CT molecular complexity index is 464. The van der Waals surface area contributed by atoms with Crippen LogP contribution in [0, 0.1) is 6.92 Å². The van der Waals surface area contributed by atoms with Crippen LogP contribution in [0.4, 0.5) is 5.13 Å². The van der Waals surface area contributed by atoms with E-state index >= 15 is 0 Å². The highest BCUT2D eigenvalue weighted by Gasteiger charge is 2.01. The van der Waals surface area contributed by atoms with Crippen LogP contribution < -0.4 is 5.32 Å². The highest BCUT2D eigenvalue weighted by Crippen LogP contribution is 2.11. The molecule has 0 radical (unpaired) electrons. The molecule has 0 aliphatic heterocycles. The molecule has 2 aromatic rings. The summed E-state index contributed by atoms with van der Waals surface area (Å²) in [6.07, 6.45) is 3.77. The van der Waals surface area contributed by atoms with Crippen LogP contribution >= 0.6 is 11.5 Å². The van der Waals surface area contributed by atoms with Crippen molar-refractivity contribution in [1.29, 1.82) is 0 Å². The molecule has 0 atom stereocenters. The maximum Gasteiger partial charge on any atom is 0.202 e. The SMILES string of the molecule is CCc1nsc(NCCc2ccc(C)nc2)n1. The Morgan fingerprint density at radius 3 is 2.88 bits per heavy atom. The predicted molar refractivity (Wildman–Crippen MR) is 70.5 cm³/mol. The van der Waals surface area contributed by atoms with Gasteiger partial charge < -0.3 is 5.32 Å². The van der Waals surface area contributed by atoms with Crippen LogP contribution in [-0.2, 0) is 12.8 Å². The summed E-state index contributed by atoms with van der Waals surface area (Å²) in [6.45, 7) is 4.92. The first kappa shape index (κ1) is 12.0. The van der Waals surface area contributed by atoms with Gasteiger partial charge in [0.15, 0.2) is 0 Å². The van der Waals surface area contributed by atoms with Gasteiger partial charge in [0, 0.05) is 36.4 Å². The van der Waals surface area contributed by atoms with Crippen molar-refractivity contribution in [2.75, 3.05) is 11.9 Å². The monoisotopic (exact) mass is 248 g/mol. The molecule has 2 heterocycles. The Labute approximate surface area is 105 Å². The second-order valence-electron chi connectivity index (χ2n) is 3.85. The van der Waals surface area contributed by atoms with Gasteiger partial charge in [-0.3, -0.25) is 4.98 Å². The third-order valence-electron chi connectivity index (χ3n) is 2.45. The average Bonchev–Trinajstić information content (AvgIpc) is 2.80. The first-order valence-electron chi connectivity index (χ1n) is 5.76. The summed E-state index contributed by atoms with van der Waals surface area (Å²) in [5, 5.41) is 4.18. The maximum atomic E-state index is 4.35. The Morgan fingerprint density at radius 1 is 1.35 bits per heavy atom. The van der Waals surface area contributed by atoms with Crippen molar-refractivity contribution in [2.24, 2.45) is 0 Å². The number of aryl methyl sites for hydroxylation is 2. The van der Waals surface area contributed by atoms with Crippen LogP contribution in [0.3, 0.4) is 0 Å². The van der Waals surface area contributed by atoms with E-state index in [9.17, 15) is 0 Å². The Balaban J connectivity index is 1.81. The molecule has 0 aliphatic rings. The molecule has 0 saturated carbocycles. The fourth-order valence-corrected chi connectivity index (χ4v) is 2.10. The lowest BCUT2D eigenvalue weighted by molar-refractivity contribution is 0.971. The van der Waals surface area contributed by atoms with E-state index in [1.165, 1.54) is 17.1 Å². The molecule has 5 heteroatoms. The second kappa shape index (κ2) is 5.72. The van der Waals surface area contributed by atoms with Gasteiger partial charge in [-0.15, -0.1) is 0 Å². The van der Waals surface area contributed by atoms with Crippen LogP contribution in [0.2, 0.25) is 0 Å². The Hall–Kier alpha value is -1.49. The molecule has 1 N–H and O–H groups in total. The van der Waals surface area contributed by atoms with Crippen molar-refractivity contribution < 1.29 is 0 Å². The van der Waals surface area contributed by atoms with Gasteiger partial charge in [-0.2, -0.15) is 4.37 Å². The maximum absolute atomic E-state index is 4.35. The molecule has 0 fully saturated rings. The quantitative estimate of drug-likeness (QED) is 0.883. The first-order chi connectivity index (χ1) is 8.28. The lowest BCUT2D eigenvalue weighted by Gasteiger charge is -2.02. The van der Waals surface area contributed by atoms with Crippen molar-refractivity contribution in [3.8, 4) is 0 Å². The average molecular weight is 248 g/mol. The minimum absolute atomic E-state index is 0.864. The first-order valence-corrected chi connectivity index (χ1v) is 6.53. The summed E-state index contributed by atoms with van der Waals surface area (Å²) in [6, 6.07) is 4.15. The second-order valence-corrected chi connectivity index (χ2v) is 4.61. The van der Waals surface area contributed by atoms with Crippen LogP contribution in [0.5, 0.6) is 0 Å².